The number of rotatable bonds is 6. The Kier molecular flexibility index (Phi) is 5.52. The zero-order chi connectivity index (χ0) is 21.1. The maximum Gasteiger partial charge on any atom is 0.247 e. The van der Waals surface area contributed by atoms with Crippen molar-refractivity contribution in [3.63, 3.8) is 0 Å². The second kappa shape index (κ2) is 8.41. The molecule has 30 heavy (non-hydrogen) atoms. The summed E-state index contributed by atoms with van der Waals surface area (Å²) in [6, 6.07) is 7.63. The predicted octanol–water partition coefficient (Wildman–Crippen LogP) is 4.45. The predicted molar refractivity (Wildman–Crippen MR) is 120 cm³/mol. The van der Waals surface area contributed by atoms with Crippen LogP contribution in [0.25, 0.3) is 11.2 Å². The van der Waals surface area contributed by atoms with Crippen LogP contribution >= 0.6 is 0 Å². The van der Waals surface area contributed by atoms with Gasteiger partial charge < -0.3 is 15.0 Å². The molecule has 1 aromatic carbocycles. The summed E-state index contributed by atoms with van der Waals surface area (Å²) in [6.07, 6.45) is 9.73. The molecule has 1 aliphatic heterocycles. The van der Waals surface area contributed by atoms with Crippen molar-refractivity contribution in [3.05, 3.63) is 72.4 Å². The Morgan fingerprint density at radius 2 is 2.07 bits per heavy atom. The molecule has 0 saturated heterocycles. The van der Waals surface area contributed by atoms with Gasteiger partial charge in [0.25, 0.3) is 0 Å². The second-order valence-electron chi connectivity index (χ2n) is 7.27. The summed E-state index contributed by atoms with van der Waals surface area (Å²) in [7, 11) is 3.78. The molecule has 4 rings (SSSR count). The van der Waals surface area contributed by atoms with Gasteiger partial charge in [0.2, 0.25) is 5.95 Å². The fourth-order valence-electron chi connectivity index (χ4n) is 3.57. The lowest BCUT2D eigenvalue weighted by Gasteiger charge is -2.27. The summed E-state index contributed by atoms with van der Waals surface area (Å²) in [6.45, 7) is 7.26. The quantitative estimate of drug-likeness (QED) is 0.615. The topological polar surface area (TPSA) is 67.6 Å². The number of nitrogens with one attached hydrogen (secondary N) is 1. The van der Waals surface area contributed by atoms with Gasteiger partial charge in [-0.25, -0.2) is 4.52 Å². The normalized spacial score (nSPS) is 14.9. The minimum absolute atomic E-state index is 0.505. The maximum absolute atomic E-state index is 5.20. The lowest BCUT2D eigenvalue weighted by Crippen LogP contribution is -2.22. The van der Waals surface area contributed by atoms with Gasteiger partial charge in [-0.05, 0) is 55.7 Å². The van der Waals surface area contributed by atoms with Gasteiger partial charge >= 0.3 is 0 Å². The van der Waals surface area contributed by atoms with Crippen LogP contribution < -0.4 is 10.1 Å². The van der Waals surface area contributed by atoms with E-state index in [0.29, 0.717) is 11.6 Å². The first kappa shape index (κ1) is 19.7. The number of aromatic nitrogens is 4. The van der Waals surface area contributed by atoms with Gasteiger partial charge in [-0.1, -0.05) is 12.7 Å². The Bertz CT molecular complexity index is 1130. The summed E-state index contributed by atoms with van der Waals surface area (Å²) in [5.74, 6) is 1.30. The Morgan fingerprint density at radius 1 is 1.27 bits per heavy atom. The first-order valence-electron chi connectivity index (χ1n) is 9.97. The number of hydrogen-bond donors (Lipinski definition) is 1. The van der Waals surface area contributed by atoms with E-state index in [1.807, 2.05) is 30.3 Å². The summed E-state index contributed by atoms with van der Waals surface area (Å²) >= 11 is 0. The van der Waals surface area contributed by atoms with Crippen LogP contribution in [-0.2, 0) is 0 Å². The molecule has 0 bridgehead atoms. The van der Waals surface area contributed by atoms with Crippen LogP contribution in [0.3, 0.4) is 0 Å². The van der Waals surface area contributed by atoms with Crippen LogP contribution in [0.2, 0.25) is 0 Å². The lowest BCUT2D eigenvalue weighted by molar-refractivity contribution is 0.382. The molecule has 0 spiro atoms. The Hall–Kier alpha value is -3.61. The van der Waals surface area contributed by atoms with Gasteiger partial charge in [-0.15, -0.1) is 5.10 Å². The van der Waals surface area contributed by atoms with Crippen molar-refractivity contribution in [1.82, 2.24) is 24.5 Å². The van der Waals surface area contributed by atoms with E-state index in [4.69, 9.17) is 4.74 Å². The SMILES string of the molecule is C=C/C(=C\C1=C(C)N(C)CCC1)c1nccn2nc(Nc3ccc(OC)cc3)nc12. The van der Waals surface area contributed by atoms with Gasteiger partial charge in [-0.2, -0.15) is 4.98 Å². The van der Waals surface area contributed by atoms with E-state index in [9.17, 15) is 0 Å². The Labute approximate surface area is 176 Å². The third kappa shape index (κ3) is 3.91. The highest BCUT2D eigenvalue weighted by molar-refractivity contribution is 5.81. The molecule has 0 saturated carbocycles. The number of anilines is 2. The monoisotopic (exact) mass is 402 g/mol. The Balaban J connectivity index is 1.69. The zero-order valence-electron chi connectivity index (χ0n) is 17.6. The molecule has 0 atom stereocenters. The van der Waals surface area contributed by atoms with Crippen molar-refractivity contribution in [2.45, 2.75) is 19.8 Å². The van der Waals surface area contributed by atoms with E-state index in [1.165, 1.54) is 11.3 Å². The van der Waals surface area contributed by atoms with Crippen molar-refractivity contribution in [2.75, 3.05) is 26.0 Å². The van der Waals surface area contributed by atoms with Crippen molar-refractivity contribution in [2.24, 2.45) is 0 Å². The molecular weight excluding hydrogens is 376 g/mol. The van der Waals surface area contributed by atoms with Crippen molar-refractivity contribution >= 4 is 22.9 Å². The number of methoxy groups -OCH3 is 1. The van der Waals surface area contributed by atoms with E-state index >= 15 is 0 Å². The molecule has 7 nitrogen and oxygen atoms in total. The van der Waals surface area contributed by atoms with Crippen LogP contribution in [-0.4, -0.2) is 45.2 Å². The number of allylic oxidation sites excluding steroid dienone is 5. The van der Waals surface area contributed by atoms with Crippen LogP contribution in [0.5, 0.6) is 5.75 Å². The molecule has 0 unspecified atom stereocenters. The molecule has 0 radical (unpaired) electrons. The maximum atomic E-state index is 5.20. The lowest BCUT2D eigenvalue weighted by atomic mass is 9.99. The number of hydrogen-bond acceptors (Lipinski definition) is 6. The smallest absolute Gasteiger partial charge is 0.247 e. The van der Waals surface area contributed by atoms with Gasteiger partial charge in [0.05, 0.1) is 7.11 Å². The van der Waals surface area contributed by atoms with Gasteiger partial charge in [0.15, 0.2) is 5.65 Å². The summed E-state index contributed by atoms with van der Waals surface area (Å²) in [5, 5.41) is 7.78. The highest BCUT2D eigenvalue weighted by Crippen LogP contribution is 2.27. The number of benzene rings is 1. The van der Waals surface area contributed by atoms with Gasteiger partial charge in [-0.3, -0.25) is 4.98 Å². The molecule has 2 aromatic heterocycles. The first-order valence-corrected chi connectivity index (χ1v) is 9.97. The van der Waals surface area contributed by atoms with Crippen LogP contribution in [0, 0.1) is 0 Å². The minimum Gasteiger partial charge on any atom is -0.497 e. The van der Waals surface area contributed by atoms with E-state index in [0.717, 1.165) is 42.1 Å². The van der Waals surface area contributed by atoms with E-state index in [1.54, 1.807) is 24.0 Å². The summed E-state index contributed by atoms with van der Waals surface area (Å²) in [4.78, 5) is 11.6. The zero-order valence-corrected chi connectivity index (χ0v) is 17.6. The third-order valence-corrected chi connectivity index (χ3v) is 5.40. The van der Waals surface area contributed by atoms with Crippen molar-refractivity contribution in [1.29, 1.82) is 0 Å². The second-order valence-corrected chi connectivity index (χ2v) is 7.27. The average Bonchev–Trinajstić information content (AvgIpc) is 3.18. The molecule has 7 heteroatoms. The molecule has 1 N–H and O–H groups in total. The number of ether oxygens (including phenoxy) is 1. The molecule has 0 aliphatic carbocycles. The molecular formula is C23H26N6O. The van der Waals surface area contributed by atoms with Gasteiger partial charge in [0, 0.05) is 42.9 Å². The molecule has 0 amide bonds. The molecule has 1 aliphatic rings. The molecule has 3 aromatic rings. The van der Waals surface area contributed by atoms with E-state index in [2.05, 4.69) is 51.9 Å². The van der Waals surface area contributed by atoms with E-state index < -0.39 is 0 Å². The Morgan fingerprint density at radius 3 is 2.80 bits per heavy atom. The number of fused-ring (bicyclic) bond motifs is 1. The van der Waals surface area contributed by atoms with Crippen molar-refractivity contribution < 1.29 is 4.74 Å². The molecule has 154 valence electrons. The highest BCUT2D eigenvalue weighted by Gasteiger charge is 2.15. The van der Waals surface area contributed by atoms with Crippen LogP contribution in [0.4, 0.5) is 11.6 Å². The average molecular weight is 403 g/mol. The molecule has 0 fully saturated rings. The molecule has 3 heterocycles. The first-order chi connectivity index (χ1) is 14.6. The van der Waals surface area contributed by atoms with Crippen LogP contribution in [0.15, 0.2) is 66.7 Å². The summed E-state index contributed by atoms with van der Waals surface area (Å²) < 4.78 is 6.94. The van der Waals surface area contributed by atoms with Gasteiger partial charge in [0.1, 0.15) is 11.4 Å². The number of nitrogens with zero attached hydrogens (tertiary/aromatic N) is 5. The fraction of sp³-hybridized carbons (Fsp3) is 0.261. The summed E-state index contributed by atoms with van der Waals surface area (Å²) in [5.41, 5.74) is 5.85. The van der Waals surface area contributed by atoms with E-state index in [-0.39, 0.29) is 0 Å². The minimum atomic E-state index is 0.505. The highest BCUT2D eigenvalue weighted by atomic mass is 16.5. The third-order valence-electron chi connectivity index (χ3n) is 5.40. The fourth-order valence-corrected chi connectivity index (χ4v) is 3.57. The van der Waals surface area contributed by atoms with Crippen molar-refractivity contribution in [3.8, 4) is 5.75 Å². The largest absolute Gasteiger partial charge is 0.497 e. The standard InChI is InChI=1S/C23H26N6O/c1-5-17(15-18-7-6-13-28(3)16(18)2)21-22-26-23(27-29(22)14-12-24-21)25-19-8-10-20(30-4)11-9-19/h5,8-12,14-15H,1,6-7,13H2,2-4H3,(H,25,27)/b17-15+. The van der Waals surface area contributed by atoms with Crippen LogP contribution in [0.1, 0.15) is 25.5 Å².